The summed E-state index contributed by atoms with van der Waals surface area (Å²) in [5, 5.41) is 12.1. The van der Waals surface area contributed by atoms with Gasteiger partial charge in [0.1, 0.15) is 0 Å². The Bertz CT molecular complexity index is 342. The fourth-order valence-corrected chi connectivity index (χ4v) is 1.33. The Labute approximate surface area is 102 Å². The van der Waals surface area contributed by atoms with Crippen LogP contribution in [0.15, 0.2) is 12.3 Å². The lowest BCUT2D eigenvalue weighted by molar-refractivity contribution is 0.260. The number of hydrogen-bond acceptors (Lipinski definition) is 5. The second kappa shape index (κ2) is 6.39. The average Bonchev–Trinajstić information content (AvgIpc) is 2.26. The lowest BCUT2D eigenvalue weighted by Gasteiger charge is -2.25. The monoisotopic (exact) mass is 239 g/mol. The van der Waals surface area contributed by atoms with Crippen LogP contribution in [0.4, 0.5) is 5.95 Å². The second-order valence-corrected chi connectivity index (χ2v) is 4.55. The minimum absolute atomic E-state index is 0.131. The van der Waals surface area contributed by atoms with Crippen LogP contribution in [0, 0.1) is 0 Å². The van der Waals surface area contributed by atoms with Crippen molar-refractivity contribution in [2.75, 3.05) is 18.5 Å². The Morgan fingerprint density at radius 3 is 2.88 bits per heavy atom. The van der Waals surface area contributed by atoms with E-state index in [1.807, 2.05) is 20.8 Å². The van der Waals surface area contributed by atoms with Crippen molar-refractivity contribution in [1.82, 2.24) is 9.97 Å². The van der Waals surface area contributed by atoms with Crippen LogP contribution in [-0.2, 0) is 0 Å². The van der Waals surface area contributed by atoms with Crippen molar-refractivity contribution in [3.05, 3.63) is 12.3 Å². The molecule has 0 aliphatic carbocycles. The van der Waals surface area contributed by atoms with E-state index in [9.17, 15) is 0 Å². The zero-order chi connectivity index (χ0) is 12.7. The van der Waals surface area contributed by atoms with Crippen molar-refractivity contribution in [2.24, 2.45) is 0 Å². The first-order chi connectivity index (χ1) is 8.07. The first kappa shape index (κ1) is 13.7. The van der Waals surface area contributed by atoms with Crippen molar-refractivity contribution in [3.8, 4) is 5.88 Å². The van der Waals surface area contributed by atoms with E-state index < -0.39 is 0 Å². The molecule has 0 atom stereocenters. The summed E-state index contributed by atoms with van der Waals surface area (Å²) in [6, 6.07) is 1.74. The maximum Gasteiger partial charge on any atom is 0.226 e. The summed E-state index contributed by atoms with van der Waals surface area (Å²) in [7, 11) is 0. The van der Waals surface area contributed by atoms with Gasteiger partial charge in [-0.1, -0.05) is 6.92 Å². The third-order valence-electron chi connectivity index (χ3n) is 2.27. The van der Waals surface area contributed by atoms with Gasteiger partial charge in [-0.05, 0) is 26.7 Å². The molecule has 2 N–H and O–H groups in total. The Morgan fingerprint density at radius 2 is 2.24 bits per heavy atom. The molecule has 0 amide bonds. The molecule has 1 aromatic heterocycles. The fourth-order valence-electron chi connectivity index (χ4n) is 1.33. The van der Waals surface area contributed by atoms with E-state index in [4.69, 9.17) is 9.84 Å². The predicted octanol–water partition coefficient (Wildman–Crippen LogP) is 1.84. The Kier molecular flexibility index (Phi) is 5.15. The van der Waals surface area contributed by atoms with Gasteiger partial charge in [-0.15, -0.1) is 0 Å². The zero-order valence-corrected chi connectivity index (χ0v) is 10.7. The van der Waals surface area contributed by atoms with E-state index in [-0.39, 0.29) is 12.1 Å². The van der Waals surface area contributed by atoms with Crippen LogP contribution in [0.3, 0.4) is 0 Å². The third kappa shape index (κ3) is 4.99. The minimum atomic E-state index is -0.238. The molecule has 0 unspecified atom stereocenters. The van der Waals surface area contributed by atoms with Gasteiger partial charge in [-0.2, -0.15) is 4.98 Å². The fraction of sp³-hybridized carbons (Fsp3) is 0.667. The second-order valence-electron chi connectivity index (χ2n) is 4.55. The Morgan fingerprint density at radius 1 is 1.47 bits per heavy atom. The number of ether oxygens (including phenoxy) is 1. The van der Waals surface area contributed by atoms with Gasteiger partial charge < -0.3 is 15.2 Å². The van der Waals surface area contributed by atoms with E-state index in [1.54, 1.807) is 12.3 Å². The van der Waals surface area contributed by atoms with Crippen molar-refractivity contribution in [2.45, 2.75) is 39.2 Å². The van der Waals surface area contributed by atoms with Gasteiger partial charge >= 0.3 is 0 Å². The lowest BCUT2D eigenvalue weighted by Crippen LogP contribution is -2.32. The molecule has 0 bridgehead atoms. The van der Waals surface area contributed by atoms with Gasteiger partial charge in [-0.25, -0.2) is 4.98 Å². The number of nitrogens with one attached hydrogen (secondary N) is 1. The highest BCUT2D eigenvalue weighted by Gasteiger charge is 2.17. The van der Waals surface area contributed by atoms with E-state index in [0.29, 0.717) is 24.9 Å². The molecule has 17 heavy (non-hydrogen) atoms. The smallest absolute Gasteiger partial charge is 0.226 e. The van der Waals surface area contributed by atoms with E-state index >= 15 is 0 Å². The van der Waals surface area contributed by atoms with E-state index in [2.05, 4.69) is 15.3 Å². The summed E-state index contributed by atoms with van der Waals surface area (Å²) in [5.74, 6) is 1.10. The molecular weight excluding hydrogens is 218 g/mol. The highest BCUT2D eigenvalue weighted by atomic mass is 16.5. The quantitative estimate of drug-likeness (QED) is 0.760. The van der Waals surface area contributed by atoms with Crippen LogP contribution in [0.1, 0.15) is 33.6 Å². The molecule has 0 fully saturated rings. The van der Waals surface area contributed by atoms with E-state index in [0.717, 1.165) is 6.42 Å². The highest BCUT2D eigenvalue weighted by molar-refractivity contribution is 5.30. The molecule has 0 radical (unpaired) electrons. The van der Waals surface area contributed by atoms with E-state index in [1.165, 1.54) is 0 Å². The molecule has 0 saturated heterocycles. The molecule has 1 heterocycles. The molecule has 5 heteroatoms. The summed E-state index contributed by atoms with van der Waals surface area (Å²) in [6.07, 6.45) is 3.24. The summed E-state index contributed by atoms with van der Waals surface area (Å²) >= 11 is 0. The first-order valence-electron chi connectivity index (χ1n) is 5.92. The van der Waals surface area contributed by atoms with Crippen molar-refractivity contribution in [1.29, 1.82) is 0 Å². The molecule has 0 saturated carbocycles. The highest BCUT2D eigenvalue weighted by Crippen LogP contribution is 2.16. The van der Waals surface area contributed by atoms with Crippen molar-refractivity contribution < 1.29 is 9.84 Å². The van der Waals surface area contributed by atoms with Gasteiger partial charge in [0.05, 0.1) is 6.61 Å². The van der Waals surface area contributed by atoms with Gasteiger partial charge in [0, 0.05) is 24.4 Å². The number of anilines is 1. The largest absolute Gasteiger partial charge is 0.478 e. The topological polar surface area (TPSA) is 67.3 Å². The molecule has 0 aliphatic rings. The maximum absolute atomic E-state index is 8.95. The van der Waals surface area contributed by atoms with Crippen molar-refractivity contribution in [3.63, 3.8) is 0 Å². The van der Waals surface area contributed by atoms with Crippen molar-refractivity contribution >= 4 is 5.95 Å². The molecular formula is C12H21N3O2. The zero-order valence-electron chi connectivity index (χ0n) is 10.7. The molecule has 96 valence electrons. The van der Waals surface area contributed by atoms with Gasteiger partial charge in [0.15, 0.2) is 0 Å². The summed E-state index contributed by atoms with van der Waals surface area (Å²) in [4.78, 5) is 8.38. The number of aliphatic hydroxyl groups excluding tert-OH is 1. The van der Waals surface area contributed by atoms with Gasteiger partial charge in [-0.3, -0.25) is 0 Å². The Balaban J connectivity index is 2.64. The van der Waals surface area contributed by atoms with Crippen LogP contribution >= 0.6 is 0 Å². The SMILES string of the molecule is CCCOc1ccnc(NC(C)(C)CCO)n1. The van der Waals surface area contributed by atoms with Crippen LogP contribution in [0.2, 0.25) is 0 Å². The number of aliphatic hydroxyl groups is 1. The molecule has 0 spiro atoms. The summed E-state index contributed by atoms with van der Waals surface area (Å²) in [6.45, 7) is 6.81. The lowest BCUT2D eigenvalue weighted by atomic mass is 10.0. The van der Waals surface area contributed by atoms with Crippen LogP contribution < -0.4 is 10.1 Å². The number of hydrogen-bond donors (Lipinski definition) is 2. The third-order valence-corrected chi connectivity index (χ3v) is 2.27. The summed E-state index contributed by atoms with van der Waals surface area (Å²) in [5.41, 5.74) is -0.238. The summed E-state index contributed by atoms with van der Waals surface area (Å²) < 4.78 is 5.43. The van der Waals surface area contributed by atoms with Gasteiger partial charge in [0.2, 0.25) is 11.8 Å². The molecule has 0 aromatic carbocycles. The minimum Gasteiger partial charge on any atom is -0.478 e. The predicted molar refractivity (Wildman–Crippen MR) is 67.2 cm³/mol. The number of aromatic nitrogens is 2. The van der Waals surface area contributed by atoms with Crippen LogP contribution in [0.25, 0.3) is 0 Å². The average molecular weight is 239 g/mol. The van der Waals surface area contributed by atoms with Crippen LogP contribution in [0.5, 0.6) is 5.88 Å². The maximum atomic E-state index is 8.95. The standard InChI is InChI=1S/C12H21N3O2/c1-4-9-17-10-5-7-13-11(14-10)15-12(2,3)6-8-16/h5,7,16H,4,6,8-9H2,1-3H3,(H,13,14,15). The molecule has 5 nitrogen and oxygen atoms in total. The molecule has 0 aliphatic heterocycles. The first-order valence-corrected chi connectivity index (χ1v) is 5.92. The van der Waals surface area contributed by atoms with Crippen LogP contribution in [-0.4, -0.2) is 33.8 Å². The number of rotatable bonds is 7. The Hall–Kier alpha value is -1.36. The normalized spacial score (nSPS) is 11.3. The van der Waals surface area contributed by atoms with Gasteiger partial charge in [0.25, 0.3) is 0 Å². The molecule has 1 rings (SSSR count). The number of nitrogens with zero attached hydrogens (tertiary/aromatic N) is 2. The molecule has 1 aromatic rings.